The SMILES string of the molecule is CCN(Cc1c(C)nn2c(-c3ccc(Cl)cc3Cl)c(C)oc12)CC1CCC1. The molecule has 0 unspecified atom stereocenters. The molecule has 27 heavy (non-hydrogen) atoms. The number of aromatic nitrogens is 2. The maximum atomic E-state index is 6.45. The predicted molar refractivity (Wildman–Crippen MR) is 111 cm³/mol. The second-order valence-corrected chi connectivity index (χ2v) is 8.38. The van der Waals surface area contributed by atoms with E-state index < -0.39 is 0 Å². The average Bonchev–Trinajstić information content (AvgIpc) is 3.04. The summed E-state index contributed by atoms with van der Waals surface area (Å²) in [7, 11) is 0. The van der Waals surface area contributed by atoms with E-state index in [2.05, 4.69) is 18.7 Å². The van der Waals surface area contributed by atoms with Gasteiger partial charge in [0, 0.05) is 23.7 Å². The molecule has 4 nitrogen and oxygen atoms in total. The molecule has 3 aromatic rings. The van der Waals surface area contributed by atoms with E-state index in [-0.39, 0.29) is 0 Å². The zero-order chi connectivity index (χ0) is 19.1. The lowest BCUT2D eigenvalue weighted by molar-refractivity contribution is 0.178. The third-order valence-electron chi connectivity index (χ3n) is 5.69. The maximum absolute atomic E-state index is 6.45. The van der Waals surface area contributed by atoms with Crippen molar-refractivity contribution in [2.75, 3.05) is 13.1 Å². The summed E-state index contributed by atoms with van der Waals surface area (Å²) in [5.74, 6) is 1.66. The molecular weight excluding hydrogens is 381 g/mol. The van der Waals surface area contributed by atoms with Gasteiger partial charge in [0.15, 0.2) is 0 Å². The molecule has 0 bridgehead atoms. The maximum Gasteiger partial charge on any atom is 0.227 e. The number of aryl methyl sites for hydroxylation is 2. The van der Waals surface area contributed by atoms with Crippen LogP contribution >= 0.6 is 23.2 Å². The van der Waals surface area contributed by atoms with Gasteiger partial charge in [0.25, 0.3) is 0 Å². The lowest BCUT2D eigenvalue weighted by atomic mass is 9.85. The van der Waals surface area contributed by atoms with E-state index in [1.165, 1.54) is 19.3 Å². The van der Waals surface area contributed by atoms with Crippen molar-refractivity contribution in [2.24, 2.45) is 5.92 Å². The topological polar surface area (TPSA) is 33.7 Å². The molecule has 2 heterocycles. The molecule has 1 aliphatic rings. The van der Waals surface area contributed by atoms with E-state index in [1.807, 2.05) is 23.6 Å². The number of fused-ring (bicyclic) bond motifs is 1. The molecule has 6 heteroatoms. The van der Waals surface area contributed by atoms with Crippen molar-refractivity contribution in [3.8, 4) is 11.3 Å². The zero-order valence-electron chi connectivity index (χ0n) is 16.1. The first-order chi connectivity index (χ1) is 13.0. The minimum atomic E-state index is 0.600. The molecule has 0 spiro atoms. The number of benzene rings is 1. The number of nitrogens with zero attached hydrogens (tertiary/aromatic N) is 3. The minimum absolute atomic E-state index is 0.600. The van der Waals surface area contributed by atoms with Crippen LogP contribution in [0.2, 0.25) is 10.0 Å². The van der Waals surface area contributed by atoms with Crippen LogP contribution in [0.15, 0.2) is 22.6 Å². The van der Waals surface area contributed by atoms with Crippen LogP contribution < -0.4 is 0 Å². The van der Waals surface area contributed by atoms with Crippen molar-refractivity contribution in [3.63, 3.8) is 0 Å². The highest BCUT2D eigenvalue weighted by Crippen LogP contribution is 2.36. The Morgan fingerprint density at radius 1 is 1.26 bits per heavy atom. The third-order valence-corrected chi connectivity index (χ3v) is 6.24. The van der Waals surface area contributed by atoms with E-state index >= 15 is 0 Å². The van der Waals surface area contributed by atoms with Crippen LogP contribution in [0.4, 0.5) is 0 Å². The molecule has 0 N–H and O–H groups in total. The standard InChI is InChI=1S/C21H25Cl2N3O/c1-4-25(11-15-6-5-7-15)12-18-13(2)24-26-20(14(3)27-21(18)26)17-9-8-16(22)10-19(17)23/h8-10,15H,4-7,11-12H2,1-3H3. The quantitative estimate of drug-likeness (QED) is 0.493. The summed E-state index contributed by atoms with van der Waals surface area (Å²) in [5.41, 5.74) is 4.76. The van der Waals surface area contributed by atoms with Gasteiger partial charge in [-0.3, -0.25) is 4.90 Å². The Morgan fingerprint density at radius 2 is 2.04 bits per heavy atom. The van der Waals surface area contributed by atoms with Crippen molar-refractivity contribution < 1.29 is 4.42 Å². The molecule has 2 aromatic heterocycles. The van der Waals surface area contributed by atoms with Gasteiger partial charge in [-0.25, -0.2) is 0 Å². The first-order valence-corrected chi connectivity index (χ1v) is 10.4. The van der Waals surface area contributed by atoms with Crippen LogP contribution in [-0.4, -0.2) is 27.6 Å². The molecule has 0 amide bonds. The Morgan fingerprint density at radius 3 is 2.67 bits per heavy atom. The molecule has 0 saturated heterocycles. The Labute approximate surface area is 170 Å². The van der Waals surface area contributed by atoms with Gasteiger partial charge in [-0.05, 0) is 57.4 Å². The molecular formula is C21H25Cl2N3O. The number of rotatable bonds is 6. The molecule has 144 valence electrons. The molecule has 1 fully saturated rings. The van der Waals surface area contributed by atoms with Gasteiger partial charge in [0.2, 0.25) is 5.71 Å². The van der Waals surface area contributed by atoms with Crippen molar-refractivity contribution in [1.29, 1.82) is 0 Å². The van der Waals surface area contributed by atoms with Gasteiger partial charge in [-0.15, -0.1) is 0 Å². The summed E-state index contributed by atoms with van der Waals surface area (Å²) < 4.78 is 8.06. The average molecular weight is 406 g/mol. The van der Waals surface area contributed by atoms with Gasteiger partial charge in [0.1, 0.15) is 11.5 Å². The molecule has 0 aliphatic heterocycles. The highest BCUT2D eigenvalue weighted by molar-refractivity contribution is 6.36. The minimum Gasteiger partial charge on any atom is -0.441 e. The summed E-state index contributed by atoms with van der Waals surface area (Å²) in [6, 6.07) is 5.52. The number of oxazole rings is 1. The predicted octanol–water partition coefficient (Wildman–Crippen LogP) is 6.14. The van der Waals surface area contributed by atoms with Crippen LogP contribution in [0.3, 0.4) is 0 Å². The molecule has 0 atom stereocenters. The van der Waals surface area contributed by atoms with Crippen molar-refractivity contribution in [3.05, 3.63) is 45.3 Å². The first-order valence-electron chi connectivity index (χ1n) is 9.63. The first kappa shape index (κ1) is 18.9. The van der Waals surface area contributed by atoms with E-state index in [4.69, 9.17) is 32.7 Å². The lowest BCUT2D eigenvalue weighted by Gasteiger charge is -2.31. The fourth-order valence-electron chi connectivity index (χ4n) is 3.87. The van der Waals surface area contributed by atoms with Crippen LogP contribution in [-0.2, 0) is 6.54 Å². The van der Waals surface area contributed by atoms with Crippen molar-refractivity contribution in [2.45, 2.75) is 46.6 Å². The number of halogens is 2. The molecule has 1 aliphatic carbocycles. The molecule has 4 rings (SSSR count). The van der Waals surface area contributed by atoms with Crippen LogP contribution in [0.1, 0.15) is 43.2 Å². The van der Waals surface area contributed by atoms with Crippen LogP contribution in [0.5, 0.6) is 0 Å². The van der Waals surface area contributed by atoms with Gasteiger partial charge in [0.05, 0.1) is 16.3 Å². The van der Waals surface area contributed by atoms with Crippen LogP contribution in [0.25, 0.3) is 17.0 Å². The highest BCUT2D eigenvalue weighted by atomic mass is 35.5. The van der Waals surface area contributed by atoms with Gasteiger partial charge in [-0.1, -0.05) is 36.5 Å². The monoisotopic (exact) mass is 405 g/mol. The zero-order valence-corrected chi connectivity index (χ0v) is 17.6. The Bertz CT molecular complexity index is 972. The van der Waals surface area contributed by atoms with E-state index in [0.29, 0.717) is 10.0 Å². The van der Waals surface area contributed by atoms with Crippen molar-refractivity contribution in [1.82, 2.24) is 14.5 Å². The van der Waals surface area contributed by atoms with Gasteiger partial charge in [-0.2, -0.15) is 9.61 Å². The highest BCUT2D eigenvalue weighted by Gasteiger charge is 2.25. The third kappa shape index (κ3) is 3.51. The summed E-state index contributed by atoms with van der Waals surface area (Å²) in [4.78, 5) is 2.50. The molecule has 1 saturated carbocycles. The Hall–Kier alpha value is -1.49. The summed E-state index contributed by atoms with van der Waals surface area (Å²) in [5, 5.41) is 6.00. The largest absolute Gasteiger partial charge is 0.441 e. The van der Waals surface area contributed by atoms with Crippen molar-refractivity contribution >= 4 is 28.9 Å². The second-order valence-electron chi connectivity index (χ2n) is 7.54. The van der Waals surface area contributed by atoms with Gasteiger partial charge < -0.3 is 4.42 Å². The van der Waals surface area contributed by atoms with E-state index in [1.54, 1.807) is 6.07 Å². The van der Waals surface area contributed by atoms with Gasteiger partial charge >= 0.3 is 0 Å². The second kappa shape index (κ2) is 7.50. The smallest absolute Gasteiger partial charge is 0.227 e. The fourth-order valence-corrected chi connectivity index (χ4v) is 4.37. The molecule has 1 aromatic carbocycles. The van der Waals surface area contributed by atoms with E-state index in [0.717, 1.165) is 59.5 Å². The van der Waals surface area contributed by atoms with Crippen LogP contribution in [0, 0.1) is 19.8 Å². The normalized spacial score (nSPS) is 15.0. The lowest BCUT2D eigenvalue weighted by Crippen LogP contribution is -2.32. The molecule has 0 radical (unpaired) electrons. The Balaban J connectivity index is 1.72. The summed E-state index contributed by atoms with van der Waals surface area (Å²) in [6.07, 6.45) is 4.10. The Kier molecular flexibility index (Phi) is 5.23. The summed E-state index contributed by atoms with van der Waals surface area (Å²) in [6.45, 7) is 9.29. The number of hydrogen-bond donors (Lipinski definition) is 0. The summed E-state index contributed by atoms with van der Waals surface area (Å²) >= 11 is 12.5. The number of hydrogen-bond acceptors (Lipinski definition) is 3. The fraction of sp³-hybridized carbons (Fsp3) is 0.476. The van der Waals surface area contributed by atoms with E-state index in [9.17, 15) is 0 Å².